The van der Waals surface area contributed by atoms with Crippen molar-refractivity contribution in [2.45, 2.75) is 71.0 Å². The van der Waals surface area contributed by atoms with Gasteiger partial charge in [0, 0.05) is 66.7 Å². The minimum absolute atomic E-state index is 0.644. The molecule has 0 amide bonds. The summed E-state index contributed by atoms with van der Waals surface area (Å²) in [5.41, 5.74) is 6.17. The van der Waals surface area contributed by atoms with Gasteiger partial charge in [-0.2, -0.15) is 0 Å². The first-order valence-electron chi connectivity index (χ1n) is 16.5. The second-order valence-corrected chi connectivity index (χ2v) is 18.5. The number of nitrogens with one attached hydrogen (secondary N) is 3. The SMILES string of the molecule is CC(C)[Si](C(C)C)(C(C)C)n1ccc2ccc(NCCc3ccccn3)nc21.c1ccc(CCNc2ccc3cc[nH]c3n2)nc1. The van der Waals surface area contributed by atoms with Crippen LogP contribution in [0, 0.1) is 0 Å². The van der Waals surface area contributed by atoms with Crippen molar-refractivity contribution in [2.75, 3.05) is 23.7 Å². The van der Waals surface area contributed by atoms with Crippen molar-refractivity contribution in [1.29, 1.82) is 0 Å². The van der Waals surface area contributed by atoms with E-state index in [0.29, 0.717) is 16.6 Å². The third kappa shape index (κ3) is 7.47. The molecule has 6 aromatic rings. The Hall–Kier alpha value is -4.50. The number of anilines is 2. The molecule has 0 unspecified atom stereocenters. The van der Waals surface area contributed by atoms with Gasteiger partial charge < -0.3 is 19.9 Å². The maximum Gasteiger partial charge on any atom is 0.171 e. The maximum absolute atomic E-state index is 5.05. The van der Waals surface area contributed by atoms with E-state index in [4.69, 9.17) is 4.98 Å². The molecule has 8 nitrogen and oxygen atoms in total. The number of aromatic amines is 1. The minimum Gasteiger partial charge on any atom is -0.370 e. The topological polar surface area (TPSA) is 96.3 Å². The van der Waals surface area contributed by atoms with Gasteiger partial charge >= 0.3 is 0 Å². The molecule has 9 heteroatoms. The molecule has 0 fully saturated rings. The van der Waals surface area contributed by atoms with Crippen molar-refractivity contribution in [1.82, 2.24) is 29.2 Å². The quantitative estimate of drug-likeness (QED) is 0.117. The van der Waals surface area contributed by atoms with Crippen molar-refractivity contribution in [3.8, 4) is 0 Å². The van der Waals surface area contributed by atoms with Crippen LogP contribution in [0.3, 0.4) is 0 Å². The van der Waals surface area contributed by atoms with Crippen LogP contribution in [0.15, 0.2) is 97.6 Å². The van der Waals surface area contributed by atoms with E-state index in [9.17, 15) is 0 Å². The average molecular weight is 633 g/mol. The van der Waals surface area contributed by atoms with Crippen LogP contribution in [0.2, 0.25) is 16.6 Å². The normalized spacial score (nSPS) is 11.8. The van der Waals surface area contributed by atoms with Crippen LogP contribution in [-0.2, 0) is 12.8 Å². The van der Waals surface area contributed by atoms with E-state index >= 15 is 0 Å². The molecular weight excluding hydrogens is 585 g/mol. The molecule has 0 spiro atoms. The van der Waals surface area contributed by atoms with Gasteiger partial charge in [0.2, 0.25) is 0 Å². The molecule has 0 bridgehead atoms. The first-order chi connectivity index (χ1) is 22.3. The van der Waals surface area contributed by atoms with Gasteiger partial charge in [-0.3, -0.25) is 9.97 Å². The molecule has 240 valence electrons. The molecule has 6 rings (SSSR count). The van der Waals surface area contributed by atoms with Crippen LogP contribution in [0.1, 0.15) is 52.9 Å². The van der Waals surface area contributed by atoms with Crippen molar-refractivity contribution in [2.24, 2.45) is 0 Å². The van der Waals surface area contributed by atoms with Gasteiger partial charge in [0.25, 0.3) is 0 Å². The molecule has 46 heavy (non-hydrogen) atoms. The standard InChI is InChI=1S/C23H34N4Si.C14H14N4/c1-17(2)28(18(3)4,19(5)6)27-16-13-20-10-11-22(26-23(20)27)25-15-12-21-9-7-8-14-24-21;1-2-8-15-12(3-1)7-10-16-13-5-4-11-6-9-17-14(11)18-13/h7-11,13-14,16-19H,12,15H2,1-6H3,(H,25,26);1-6,8-9H,7,10H2,(H2,16,17,18). The predicted molar refractivity (Wildman–Crippen MR) is 195 cm³/mol. The summed E-state index contributed by atoms with van der Waals surface area (Å²) in [6.07, 6.45) is 9.64. The minimum atomic E-state index is -1.81. The lowest BCUT2D eigenvalue weighted by Gasteiger charge is -2.44. The lowest BCUT2D eigenvalue weighted by atomic mass is 10.2. The van der Waals surface area contributed by atoms with Crippen LogP contribution in [-0.4, -0.2) is 50.5 Å². The number of nitrogens with zero attached hydrogens (tertiary/aromatic N) is 5. The third-order valence-corrected chi connectivity index (χ3v) is 15.7. The van der Waals surface area contributed by atoms with Gasteiger partial charge in [-0.15, -0.1) is 0 Å². The Bertz CT molecular complexity index is 1770. The van der Waals surface area contributed by atoms with E-state index in [2.05, 4.69) is 113 Å². The summed E-state index contributed by atoms with van der Waals surface area (Å²) in [5.74, 6) is 1.84. The van der Waals surface area contributed by atoms with Gasteiger partial charge in [0.15, 0.2) is 8.24 Å². The third-order valence-electron chi connectivity index (χ3n) is 8.96. The number of hydrogen-bond donors (Lipinski definition) is 3. The number of hydrogen-bond acceptors (Lipinski definition) is 6. The van der Waals surface area contributed by atoms with Crippen LogP contribution in [0.4, 0.5) is 11.6 Å². The van der Waals surface area contributed by atoms with Crippen molar-refractivity contribution in [3.05, 3.63) is 109 Å². The fourth-order valence-corrected chi connectivity index (χ4v) is 13.6. The summed E-state index contributed by atoms with van der Waals surface area (Å²) in [7, 11) is -1.81. The molecule has 0 saturated carbocycles. The fourth-order valence-electron chi connectivity index (χ4n) is 7.01. The predicted octanol–water partition coefficient (Wildman–Crippen LogP) is 8.72. The monoisotopic (exact) mass is 632 g/mol. The van der Waals surface area contributed by atoms with Crippen LogP contribution in [0.5, 0.6) is 0 Å². The van der Waals surface area contributed by atoms with Crippen molar-refractivity contribution >= 4 is 41.9 Å². The highest BCUT2D eigenvalue weighted by Crippen LogP contribution is 2.44. The highest BCUT2D eigenvalue weighted by atomic mass is 28.3. The summed E-state index contributed by atoms with van der Waals surface area (Å²) in [6, 6.07) is 24.6. The molecule has 3 N–H and O–H groups in total. The average Bonchev–Trinajstić information content (AvgIpc) is 3.69. The molecule has 0 aliphatic heterocycles. The number of H-pyrrole nitrogens is 1. The zero-order chi connectivity index (χ0) is 32.5. The Balaban J connectivity index is 0.000000198. The maximum atomic E-state index is 5.05. The van der Waals surface area contributed by atoms with Gasteiger partial charge in [-0.05, 0) is 83.5 Å². The van der Waals surface area contributed by atoms with Crippen molar-refractivity contribution in [3.63, 3.8) is 0 Å². The Morgan fingerprint density at radius 1 is 0.652 bits per heavy atom. The Kier molecular flexibility index (Phi) is 10.9. The first-order valence-corrected chi connectivity index (χ1v) is 18.7. The summed E-state index contributed by atoms with van der Waals surface area (Å²) in [4.78, 5) is 21.3. The van der Waals surface area contributed by atoms with Gasteiger partial charge in [0.1, 0.15) is 22.9 Å². The Morgan fingerprint density at radius 2 is 1.22 bits per heavy atom. The van der Waals surface area contributed by atoms with E-state index < -0.39 is 8.24 Å². The first kappa shape index (κ1) is 32.9. The highest BCUT2D eigenvalue weighted by Gasteiger charge is 2.46. The smallest absolute Gasteiger partial charge is 0.171 e. The zero-order valence-corrected chi connectivity index (χ0v) is 29.0. The van der Waals surface area contributed by atoms with Crippen LogP contribution >= 0.6 is 0 Å². The molecule has 6 heterocycles. The molecule has 0 radical (unpaired) electrons. The molecule has 0 aliphatic rings. The lowest BCUT2D eigenvalue weighted by Crippen LogP contribution is -2.51. The van der Waals surface area contributed by atoms with Crippen LogP contribution < -0.4 is 10.6 Å². The fraction of sp³-hybridized carbons (Fsp3) is 0.351. The van der Waals surface area contributed by atoms with Crippen molar-refractivity contribution < 1.29 is 0 Å². The molecule has 0 atom stereocenters. The molecule has 0 aliphatic carbocycles. The molecular formula is C37H48N8Si. The number of fused-ring (bicyclic) bond motifs is 2. The molecule has 6 aromatic heterocycles. The Labute approximate surface area is 274 Å². The van der Waals surface area contributed by atoms with E-state index in [1.165, 1.54) is 5.39 Å². The van der Waals surface area contributed by atoms with E-state index in [1.807, 2.05) is 61.1 Å². The summed E-state index contributed by atoms with van der Waals surface area (Å²) in [6.45, 7) is 16.0. The molecule has 0 aromatic carbocycles. The number of aromatic nitrogens is 6. The summed E-state index contributed by atoms with van der Waals surface area (Å²) in [5, 5.41) is 9.16. The highest BCUT2D eigenvalue weighted by molar-refractivity contribution is 6.82. The second kappa shape index (κ2) is 15.2. The zero-order valence-electron chi connectivity index (χ0n) is 28.0. The second-order valence-electron chi connectivity index (χ2n) is 12.8. The number of pyridine rings is 4. The number of rotatable bonds is 12. The van der Waals surface area contributed by atoms with E-state index in [0.717, 1.165) is 65.6 Å². The largest absolute Gasteiger partial charge is 0.370 e. The molecule has 0 saturated heterocycles. The van der Waals surface area contributed by atoms with Gasteiger partial charge in [-0.25, -0.2) is 9.97 Å². The van der Waals surface area contributed by atoms with E-state index in [1.54, 1.807) is 0 Å². The van der Waals surface area contributed by atoms with Gasteiger partial charge in [-0.1, -0.05) is 53.7 Å². The van der Waals surface area contributed by atoms with E-state index in [-0.39, 0.29) is 0 Å². The lowest BCUT2D eigenvalue weighted by molar-refractivity contribution is 0.770. The van der Waals surface area contributed by atoms with Gasteiger partial charge in [0.05, 0.1) is 0 Å². The van der Waals surface area contributed by atoms with Crippen LogP contribution in [0.25, 0.3) is 22.1 Å². The Morgan fingerprint density at radius 3 is 1.76 bits per heavy atom. The summed E-state index contributed by atoms with van der Waals surface area (Å²) < 4.78 is 2.58. The summed E-state index contributed by atoms with van der Waals surface area (Å²) >= 11 is 0.